The number of amides is 1. The number of ether oxygens (including phenoxy) is 1. The second-order valence-electron chi connectivity index (χ2n) is 6.55. The number of hydrogen-bond donors (Lipinski definition) is 2. The summed E-state index contributed by atoms with van der Waals surface area (Å²) in [4.78, 5) is 11.5. The van der Waals surface area contributed by atoms with Crippen LogP contribution in [0.2, 0.25) is 0 Å². The van der Waals surface area contributed by atoms with Gasteiger partial charge in [0.1, 0.15) is 5.60 Å². The van der Waals surface area contributed by atoms with Crippen molar-refractivity contribution >= 4 is 6.09 Å². The van der Waals surface area contributed by atoms with Crippen LogP contribution in [0.3, 0.4) is 0 Å². The van der Waals surface area contributed by atoms with Crippen LogP contribution in [-0.2, 0) is 11.2 Å². The van der Waals surface area contributed by atoms with E-state index in [2.05, 4.69) is 48.7 Å². The summed E-state index contributed by atoms with van der Waals surface area (Å²) in [6.45, 7) is 11.4. The molecule has 1 aromatic carbocycles. The van der Waals surface area contributed by atoms with E-state index in [0.717, 1.165) is 19.4 Å². The van der Waals surface area contributed by atoms with Gasteiger partial charge in [-0.2, -0.15) is 0 Å². The van der Waals surface area contributed by atoms with E-state index in [9.17, 15) is 4.79 Å². The molecule has 0 saturated carbocycles. The van der Waals surface area contributed by atoms with Gasteiger partial charge in [-0.15, -0.1) is 0 Å². The summed E-state index contributed by atoms with van der Waals surface area (Å²) in [7, 11) is 0. The fourth-order valence-electron chi connectivity index (χ4n) is 2.07. The molecule has 1 unspecified atom stereocenters. The largest absolute Gasteiger partial charge is 0.444 e. The van der Waals surface area contributed by atoms with Gasteiger partial charge >= 0.3 is 6.09 Å². The average molecular weight is 306 g/mol. The number of alkyl carbamates (subject to hydrolysis) is 1. The van der Waals surface area contributed by atoms with Crippen LogP contribution >= 0.6 is 0 Å². The van der Waals surface area contributed by atoms with Gasteiger partial charge in [-0.05, 0) is 58.2 Å². The van der Waals surface area contributed by atoms with Crippen molar-refractivity contribution in [2.75, 3.05) is 13.1 Å². The molecule has 1 atom stereocenters. The van der Waals surface area contributed by atoms with E-state index in [4.69, 9.17) is 4.74 Å². The molecule has 124 valence electrons. The van der Waals surface area contributed by atoms with Crippen LogP contribution in [0.5, 0.6) is 0 Å². The van der Waals surface area contributed by atoms with Gasteiger partial charge in [0.15, 0.2) is 0 Å². The fraction of sp³-hybridized carbons (Fsp3) is 0.611. The number of carbonyl (C=O) groups excluding carboxylic acids is 1. The van der Waals surface area contributed by atoms with Gasteiger partial charge in [0.2, 0.25) is 0 Å². The molecule has 0 aliphatic carbocycles. The minimum absolute atomic E-state index is 0.312. The number of benzene rings is 1. The Labute approximate surface area is 134 Å². The summed E-state index contributed by atoms with van der Waals surface area (Å²) in [6, 6.07) is 9.02. The number of nitrogens with one attached hydrogen (secondary N) is 2. The minimum Gasteiger partial charge on any atom is -0.444 e. The summed E-state index contributed by atoms with van der Waals surface area (Å²) in [5, 5.41) is 6.23. The third-order valence-electron chi connectivity index (χ3n) is 3.36. The highest BCUT2D eigenvalue weighted by Crippen LogP contribution is 2.13. The SMILES string of the molecule is CCc1ccc(C(C)NCCCNC(=O)OC(C)(C)C)cc1. The van der Waals surface area contributed by atoms with E-state index in [1.807, 2.05) is 20.8 Å². The fourth-order valence-corrected chi connectivity index (χ4v) is 2.07. The molecule has 0 aromatic heterocycles. The van der Waals surface area contributed by atoms with Crippen LogP contribution in [0.25, 0.3) is 0 Å². The van der Waals surface area contributed by atoms with Crippen molar-refractivity contribution in [1.29, 1.82) is 0 Å². The first-order chi connectivity index (χ1) is 10.3. The Bertz CT molecular complexity index is 449. The first-order valence-corrected chi connectivity index (χ1v) is 8.11. The van der Waals surface area contributed by atoms with Crippen LogP contribution in [0.1, 0.15) is 58.2 Å². The van der Waals surface area contributed by atoms with Crippen LogP contribution < -0.4 is 10.6 Å². The van der Waals surface area contributed by atoms with E-state index < -0.39 is 5.60 Å². The maximum absolute atomic E-state index is 11.5. The van der Waals surface area contributed by atoms with Crippen LogP contribution in [0.4, 0.5) is 4.79 Å². The molecule has 0 aliphatic heterocycles. The van der Waals surface area contributed by atoms with Crippen LogP contribution in [0, 0.1) is 0 Å². The Morgan fingerprint density at radius 1 is 1.18 bits per heavy atom. The smallest absolute Gasteiger partial charge is 0.407 e. The van der Waals surface area contributed by atoms with E-state index in [-0.39, 0.29) is 6.09 Å². The molecule has 0 spiro atoms. The van der Waals surface area contributed by atoms with E-state index >= 15 is 0 Å². The van der Waals surface area contributed by atoms with Gasteiger partial charge in [0.05, 0.1) is 0 Å². The minimum atomic E-state index is -0.443. The normalized spacial score (nSPS) is 12.8. The van der Waals surface area contributed by atoms with Gasteiger partial charge < -0.3 is 15.4 Å². The van der Waals surface area contributed by atoms with E-state index in [1.165, 1.54) is 11.1 Å². The molecule has 0 fully saturated rings. The number of hydrogen-bond acceptors (Lipinski definition) is 3. The molecule has 1 amide bonds. The summed E-state index contributed by atoms with van der Waals surface area (Å²) >= 11 is 0. The molecule has 0 radical (unpaired) electrons. The topological polar surface area (TPSA) is 50.4 Å². The van der Waals surface area contributed by atoms with Crippen LogP contribution in [-0.4, -0.2) is 24.8 Å². The highest BCUT2D eigenvalue weighted by molar-refractivity contribution is 5.67. The Morgan fingerprint density at radius 2 is 1.82 bits per heavy atom. The molecule has 22 heavy (non-hydrogen) atoms. The third-order valence-corrected chi connectivity index (χ3v) is 3.36. The molecule has 1 rings (SSSR count). The Hall–Kier alpha value is -1.55. The molecule has 1 aromatic rings. The Kier molecular flexibility index (Phi) is 7.39. The lowest BCUT2D eigenvalue weighted by atomic mass is 10.1. The van der Waals surface area contributed by atoms with Crippen molar-refractivity contribution in [3.8, 4) is 0 Å². The second-order valence-corrected chi connectivity index (χ2v) is 6.55. The predicted molar refractivity (Wildman–Crippen MR) is 91.1 cm³/mol. The quantitative estimate of drug-likeness (QED) is 0.753. The summed E-state index contributed by atoms with van der Waals surface area (Å²) in [5.74, 6) is 0. The first-order valence-electron chi connectivity index (χ1n) is 8.11. The van der Waals surface area contributed by atoms with E-state index in [0.29, 0.717) is 12.6 Å². The van der Waals surface area contributed by atoms with Gasteiger partial charge in [0, 0.05) is 12.6 Å². The molecule has 0 bridgehead atoms. The van der Waals surface area contributed by atoms with Crippen molar-refractivity contribution < 1.29 is 9.53 Å². The highest BCUT2D eigenvalue weighted by atomic mass is 16.6. The zero-order valence-corrected chi connectivity index (χ0v) is 14.5. The monoisotopic (exact) mass is 306 g/mol. The highest BCUT2D eigenvalue weighted by Gasteiger charge is 2.15. The van der Waals surface area contributed by atoms with Gasteiger partial charge in [-0.25, -0.2) is 4.79 Å². The number of aryl methyl sites for hydroxylation is 1. The molecule has 4 nitrogen and oxygen atoms in total. The molecule has 2 N–H and O–H groups in total. The average Bonchev–Trinajstić information content (AvgIpc) is 2.45. The lowest BCUT2D eigenvalue weighted by molar-refractivity contribution is 0.0527. The molecule has 0 heterocycles. The van der Waals surface area contributed by atoms with Crippen molar-refractivity contribution in [3.63, 3.8) is 0 Å². The lowest BCUT2D eigenvalue weighted by Gasteiger charge is -2.20. The molecular formula is C18H30N2O2. The number of carbonyl (C=O) groups is 1. The van der Waals surface area contributed by atoms with Crippen molar-refractivity contribution in [3.05, 3.63) is 35.4 Å². The van der Waals surface area contributed by atoms with Crippen molar-refractivity contribution in [2.45, 2.75) is 59.1 Å². The standard InChI is InChI=1S/C18H30N2O2/c1-6-15-8-10-16(11-9-15)14(2)19-12-7-13-20-17(21)22-18(3,4)5/h8-11,14,19H,6-7,12-13H2,1-5H3,(H,20,21). The van der Waals surface area contributed by atoms with Crippen molar-refractivity contribution in [2.24, 2.45) is 0 Å². The second kappa shape index (κ2) is 8.79. The Balaban J connectivity index is 2.19. The van der Waals surface area contributed by atoms with Gasteiger partial charge in [-0.1, -0.05) is 31.2 Å². The van der Waals surface area contributed by atoms with Gasteiger partial charge in [-0.3, -0.25) is 0 Å². The summed E-state index contributed by atoms with van der Waals surface area (Å²) in [6.07, 6.45) is 1.59. The molecule has 0 saturated heterocycles. The first kappa shape index (κ1) is 18.5. The molecule has 0 aliphatic rings. The molecular weight excluding hydrogens is 276 g/mol. The third kappa shape index (κ3) is 7.46. The Morgan fingerprint density at radius 3 is 2.36 bits per heavy atom. The summed E-state index contributed by atoms with van der Waals surface area (Å²) < 4.78 is 5.19. The summed E-state index contributed by atoms with van der Waals surface area (Å²) in [5.41, 5.74) is 2.21. The zero-order chi connectivity index (χ0) is 16.6. The van der Waals surface area contributed by atoms with Crippen molar-refractivity contribution in [1.82, 2.24) is 10.6 Å². The number of rotatable bonds is 7. The maximum Gasteiger partial charge on any atom is 0.407 e. The predicted octanol–water partition coefficient (Wildman–Crippen LogP) is 3.81. The van der Waals surface area contributed by atoms with E-state index in [1.54, 1.807) is 0 Å². The maximum atomic E-state index is 11.5. The zero-order valence-electron chi connectivity index (χ0n) is 14.5. The van der Waals surface area contributed by atoms with Gasteiger partial charge in [0.25, 0.3) is 0 Å². The lowest BCUT2D eigenvalue weighted by Crippen LogP contribution is -2.34. The van der Waals surface area contributed by atoms with Crippen LogP contribution in [0.15, 0.2) is 24.3 Å². The molecule has 4 heteroatoms.